The van der Waals surface area contributed by atoms with Crippen LogP contribution in [0.2, 0.25) is 0 Å². The summed E-state index contributed by atoms with van der Waals surface area (Å²) in [7, 11) is 0. The third-order valence-corrected chi connectivity index (χ3v) is 4.67. The minimum atomic E-state index is -1.03. The number of thioether (sulfide) groups is 1. The predicted octanol–water partition coefficient (Wildman–Crippen LogP) is 2.30. The van der Waals surface area contributed by atoms with Gasteiger partial charge in [-0.05, 0) is 37.1 Å². The molecule has 0 radical (unpaired) electrons. The molecule has 2 unspecified atom stereocenters. The summed E-state index contributed by atoms with van der Waals surface area (Å²) in [5, 5.41) is 11.9. The van der Waals surface area contributed by atoms with Crippen molar-refractivity contribution in [2.24, 2.45) is 5.92 Å². The first-order chi connectivity index (χ1) is 11.1. The van der Waals surface area contributed by atoms with Crippen LogP contribution < -0.4 is 5.32 Å². The highest BCUT2D eigenvalue weighted by molar-refractivity contribution is 7.99. The Labute approximate surface area is 138 Å². The topological polar surface area (TPSA) is 75.6 Å². The molecule has 23 heavy (non-hydrogen) atoms. The van der Waals surface area contributed by atoms with Crippen LogP contribution in [0.5, 0.6) is 0 Å². The molecular weight excluding hydrogens is 321 g/mol. The smallest absolute Gasteiger partial charge is 0.326 e. The van der Waals surface area contributed by atoms with Crippen molar-refractivity contribution in [3.8, 4) is 0 Å². The Morgan fingerprint density at radius 2 is 2.13 bits per heavy atom. The van der Waals surface area contributed by atoms with E-state index >= 15 is 0 Å². The maximum absolute atomic E-state index is 12.8. The van der Waals surface area contributed by atoms with Gasteiger partial charge in [-0.15, -0.1) is 11.8 Å². The van der Waals surface area contributed by atoms with Crippen molar-refractivity contribution in [1.29, 1.82) is 0 Å². The van der Waals surface area contributed by atoms with Crippen molar-refractivity contribution in [3.63, 3.8) is 0 Å². The number of amides is 1. The third-order valence-electron chi connectivity index (χ3n) is 3.66. The molecular formula is C16H20FNO4S. The van der Waals surface area contributed by atoms with E-state index in [4.69, 9.17) is 4.74 Å². The van der Waals surface area contributed by atoms with Crippen LogP contribution in [0, 0.1) is 11.7 Å². The van der Waals surface area contributed by atoms with Crippen LogP contribution in [-0.2, 0) is 14.3 Å². The molecule has 1 heterocycles. The highest BCUT2D eigenvalue weighted by atomic mass is 32.2. The monoisotopic (exact) mass is 341 g/mol. The maximum Gasteiger partial charge on any atom is 0.326 e. The van der Waals surface area contributed by atoms with Gasteiger partial charge in [-0.3, -0.25) is 4.79 Å². The van der Waals surface area contributed by atoms with Crippen LogP contribution in [-0.4, -0.2) is 42.0 Å². The zero-order valence-corrected chi connectivity index (χ0v) is 13.5. The molecule has 5 nitrogen and oxygen atoms in total. The van der Waals surface area contributed by atoms with E-state index in [1.54, 1.807) is 12.1 Å². The Hall–Kier alpha value is -1.60. The van der Waals surface area contributed by atoms with E-state index in [2.05, 4.69) is 5.32 Å². The second-order valence-corrected chi connectivity index (χ2v) is 6.58. The number of carbonyl (C=O) groups is 2. The standard InChI is InChI=1S/C16H20FNO4S/c17-12-3-5-13(6-4-12)23-9-7-14(19)18-15(16(20)21)11-2-1-8-22-10-11/h3-6,11,15H,1-2,7-10H2,(H,18,19)(H,20,21). The lowest BCUT2D eigenvalue weighted by atomic mass is 9.93. The zero-order valence-electron chi connectivity index (χ0n) is 12.7. The van der Waals surface area contributed by atoms with E-state index < -0.39 is 12.0 Å². The summed E-state index contributed by atoms with van der Waals surface area (Å²) >= 11 is 1.43. The first-order valence-electron chi connectivity index (χ1n) is 7.54. The lowest BCUT2D eigenvalue weighted by molar-refractivity contribution is -0.145. The van der Waals surface area contributed by atoms with Gasteiger partial charge in [-0.2, -0.15) is 0 Å². The Morgan fingerprint density at radius 1 is 1.39 bits per heavy atom. The molecule has 0 saturated carbocycles. The molecule has 0 bridgehead atoms. The van der Waals surface area contributed by atoms with Crippen LogP contribution >= 0.6 is 11.8 Å². The zero-order chi connectivity index (χ0) is 16.7. The molecule has 1 fully saturated rings. The summed E-state index contributed by atoms with van der Waals surface area (Å²) in [6.07, 6.45) is 1.76. The fourth-order valence-electron chi connectivity index (χ4n) is 2.45. The molecule has 1 aliphatic heterocycles. The number of rotatable bonds is 7. The largest absolute Gasteiger partial charge is 0.480 e. The number of hydrogen-bond acceptors (Lipinski definition) is 4. The molecule has 1 aromatic rings. The highest BCUT2D eigenvalue weighted by Gasteiger charge is 2.31. The second kappa shape index (κ2) is 8.88. The Morgan fingerprint density at radius 3 is 2.74 bits per heavy atom. The van der Waals surface area contributed by atoms with Crippen molar-refractivity contribution in [3.05, 3.63) is 30.1 Å². The molecule has 0 spiro atoms. The van der Waals surface area contributed by atoms with Gasteiger partial charge in [0.25, 0.3) is 0 Å². The Bertz CT molecular complexity index is 531. The summed E-state index contributed by atoms with van der Waals surface area (Å²) in [5.74, 6) is -1.30. The summed E-state index contributed by atoms with van der Waals surface area (Å²) in [6.45, 7) is 1.01. The molecule has 1 aromatic carbocycles. The van der Waals surface area contributed by atoms with Crippen LogP contribution in [0.3, 0.4) is 0 Å². The van der Waals surface area contributed by atoms with Crippen molar-refractivity contribution >= 4 is 23.6 Å². The summed E-state index contributed by atoms with van der Waals surface area (Å²) in [5.41, 5.74) is 0. The number of benzene rings is 1. The quantitative estimate of drug-likeness (QED) is 0.744. The fraction of sp³-hybridized carbons (Fsp3) is 0.500. The van der Waals surface area contributed by atoms with Crippen LogP contribution in [0.15, 0.2) is 29.2 Å². The van der Waals surface area contributed by atoms with Gasteiger partial charge in [-0.1, -0.05) is 0 Å². The molecule has 2 atom stereocenters. The summed E-state index contributed by atoms with van der Waals surface area (Å²) in [4.78, 5) is 24.2. The lowest BCUT2D eigenvalue weighted by Crippen LogP contribution is -2.48. The lowest BCUT2D eigenvalue weighted by Gasteiger charge is -2.28. The third kappa shape index (κ3) is 5.84. The first-order valence-corrected chi connectivity index (χ1v) is 8.53. The predicted molar refractivity (Wildman–Crippen MR) is 84.9 cm³/mol. The van der Waals surface area contributed by atoms with Gasteiger partial charge in [0.1, 0.15) is 11.9 Å². The second-order valence-electron chi connectivity index (χ2n) is 5.41. The van der Waals surface area contributed by atoms with Crippen molar-refractivity contribution in [2.45, 2.75) is 30.2 Å². The van der Waals surface area contributed by atoms with Gasteiger partial charge < -0.3 is 15.2 Å². The Kier molecular flexibility index (Phi) is 6.85. The van der Waals surface area contributed by atoms with Crippen LogP contribution in [0.25, 0.3) is 0 Å². The average Bonchev–Trinajstić information content (AvgIpc) is 2.55. The molecule has 0 aromatic heterocycles. The molecule has 126 valence electrons. The first kappa shape index (κ1) is 17.7. The number of ether oxygens (including phenoxy) is 1. The normalized spacial score (nSPS) is 19.1. The van der Waals surface area contributed by atoms with Gasteiger partial charge in [-0.25, -0.2) is 9.18 Å². The van der Waals surface area contributed by atoms with Crippen molar-refractivity contribution in [1.82, 2.24) is 5.32 Å². The summed E-state index contributed by atoms with van der Waals surface area (Å²) in [6, 6.07) is 5.13. The van der Waals surface area contributed by atoms with Crippen LogP contribution in [0.1, 0.15) is 19.3 Å². The summed E-state index contributed by atoms with van der Waals surface area (Å²) < 4.78 is 18.1. The van der Waals surface area contributed by atoms with Gasteiger partial charge in [0.15, 0.2) is 0 Å². The van der Waals surface area contributed by atoms with Crippen molar-refractivity contribution < 1.29 is 23.8 Å². The van der Waals surface area contributed by atoms with E-state index in [9.17, 15) is 19.1 Å². The van der Waals surface area contributed by atoms with E-state index in [0.29, 0.717) is 19.0 Å². The van der Waals surface area contributed by atoms with E-state index in [1.165, 1.54) is 23.9 Å². The molecule has 2 rings (SSSR count). The van der Waals surface area contributed by atoms with E-state index in [1.807, 2.05) is 0 Å². The van der Waals surface area contributed by atoms with E-state index in [-0.39, 0.29) is 24.1 Å². The van der Waals surface area contributed by atoms with Gasteiger partial charge in [0.2, 0.25) is 5.91 Å². The number of aliphatic carboxylic acids is 1. The molecule has 1 saturated heterocycles. The number of carboxylic acid groups (broad SMARTS) is 1. The SMILES string of the molecule is O=C(CCSc1ccc(F)cc1)NC(C(=O)O)C1CCCOC1. The Balaban J connectivity index is 1.77. The van der Waals surface area contributed by atoms with Crippen molar-refractivity contribution in [2.75, 3.05) is 19.0 Å². The number of nitrogens with one attached hydrogen (secondary N) is 1. The van der Waals surface area contributed by atoms with E-state index in [0.717, 1.165) is 17.7 Å². The minimum Gasteiger partial charge on any atom is -0.480 e. The molecule has 2 N–H and O–H groups in total. The number of carbonyl (C=O) groups excluding carboxylic acids is 1. The van der Waals surface area contributed by atoms with Crippen LogP contribution in [0.4, 0.5) is 4.39 Å². The van der Waals surface area contributed by atoms with Gasteiger partial charge in [0.05, 0.1) is 6.61 Å². The number of hydrogen-bond donors (Lipinski definition) is 2. The minimum absolute atomic E-state index is 0.185. The number of carboxylic acids is 1. The number of halogens is 1. The average molecular weight is 341 g/mol. The highest BCUT2D eigenvalue weighted by Crippen LogP contribution is 2.20. The molecule has 1 amide bonds. The maximum atomic E-state index is 12.8. The molecule has 0 aliphatic carbocycles. The fourth-order valence-corrected chi connectivity index (χ4v) is 3.30. The van der Waals surface area contributed by atoms with Gasteiger partial charge >= 0.3 is 5.97 Å². The van der Waals surface area contributed by atoms with Gasteiger partial charge in [0, 0.05) is 29.6 Å². The molecule has 1 aliphatic rings. The molecule has 7 heteroatoms.